The number of aryl methyl sites for hydroxylation is 1. The normalized spacial score (nSPS) is 12.6. The summed E-state index contributed by atoms with van der Waals surface area (Å²) >= 11 is 0. The topological polar surface area (TPSA) is 27.7 Å². The van der Waals surface area contributed by atoms with E-state index in [-0.39, 0.29) is 6.29 Å². The molecule has 0 aromatic heterocycles. The van der Waals surface area contributed by atoms with E-state index >= 15 is 0 Å². The minimum atomic E-state index is -0.255. The molecule has 3 heteroatoms. The molecular weight excluding hydrogens is 432 g/mol. The number of hydrogen-bond donors (Lipinski definition) is 0. The zero-order valence-electron chi connectivity index (χ0n) is 23.6. The van der Waals surface area contributed by atoms with Crippen molar-refractivity contribution < 1.29 is 14.2 Å². The summed E-state index contributed by atoms with van der Waals surface area (Å²) in [6.07, 6.45) is 9.25. The van der Waals surface area contributed by atoms with Crippen LogP contribution < -0.4 is 9.47 Å². The van der Waals surface area contributed by atoms with Crippen LogP contribution in [0.1, 0.15) is 110 Å². The highest BCUT2D eigenvalue weighted by Gasteiger charge is 2.16. The van der Waals surface area contributed by atoms with Crippen molar-refractivity contribution in [1.29, 1.82) is 0 Å². The number of ether oxygens (including phenoxy) is 3. The van der Waals surface area contributed by atoms with Crippen molar-refractivity contribution in [2.45, 2.75) is 112 Å². The van der Waals surface area contributed by atoms with E-state index in [1.54, 1.807) is 0 Å². The second-order valence-electron chi connectivity index (χ2n) is 9.41. The summed E-state index contributed by atoms with van der Waals surface area (Å²) in [7, 11) is 0. The Balaban J connectivity index is 0.00000298. The average molecular weight is 485 g/mol. The minimum Gasteiger partial charge on any atom is -0.491 e. The molecule has 2 unspecified atom stereocenters. The first-order valence-electron chi connectivity index (χ1n) is 14.1. The van der Waals surface area contributed by atoms with E-state index in [2.05, 4.69) is 71.0 Å². The lowest BCUT2D eigenvalue weighted by Crippen LogP contribution is -2.25. The number of unbranched alkanes of at least 4 members (excludes halogenated alkanes) is 1. The van der Waals surface area contributed by atoms with Crippen molar-refractivity contribution in [2.24, 2.45) is 5.92 Å². The predicted molar refractivity (Wildman–Crippen MR) is 151 cm³/mol. The van der Waals surface area contributed by atoms with Gasteiger partial charge in [-0.25, -0.2) is 0 Å². The van der Waals surface area contributed by atoms with Gasteiger partial charge in [0, 0.05) is 6.42 Å². The molecule has 35 heavy (non-hydrogen) atoms. The van der Waals surface area contributed by atoms with Crippen molar-refractivity contribution >= 4 is 0 Å². The molecule has 0 spiro atoms. The summed E-state index contributed by atoms with van der Waals surface area (Å²) in [6.45, 7) is 16.2. The summed E-state index contributed by atoms with van der Waals surface area (Å²) in [5, 5.41) is 0. The Morgan fingerprint density at radius 2 is 1.31 bits per heavy atom. The van der Waals surface area contributed by atoms with Gasteiger partial charge in [-0.3, -0.25) is 0 Å². The maximum atomic E-state index is 6.18. The fraction of sp³-hybridized carbons (Fsp3) is 0.625. The Labute approximate surface area is 216 Å². The first kappa shape index (κ1) is 31.0. The standard InChI is InChI=1S/C30H46O3.C2H6/c1-6-9-12-25(5)23-30(33-29-17-13-24(4)14-18-29)32-22-21-31-28-19-15-27(16-20-28)26(10-7-2)11-8-3;1-2/h13-20,25-26,30H,6-12,21-23H2,1-5H3;1-2H3. The van der Waals surface area contributed by atoms with Crippen LogP contribution in [0.4, 0.5) is 0 Å². The molecule has 0 aliphatic carbocycles. The summed E-state index contributed by atoms with van der Waals surface area (Å²) in [5.41, 5.74) is 2.65. The molecule has 0 saturated heterocycles. The summed E-state index contributed by atoms with van der Waals surface area (Å²) in [5.74, 6) is 2.99. The van der Waals surface area contributed by atoms with Crippen LogP contribution in [0.15, 0.2) is 48.5 Å². The lowest BCUT2D eigenvalue weighted by Gasteiger charge is -2.23. The molecule has 0 aliphatic heterocycles. The molecule has 2 rings (SSSR count). The highest BCUT2D eigenvalue weighted by molar-refractivity contribution is 5.29. The van der Waals surface area contributed by atoms with Crippen LogP contribution in [0, 0.1) is 12.8 Å². The molecule has 0 N–H and O–H groups in total. The van der Waals surface area contributed by atoms with Gasteiger partial charge in [-0.15, -0.1) is 0 Å². The van der Waals surface area contributed by atoms with E-state index in [0.29, 0.717) is 25.0 Å². The third kappa shape index (κ3) is 13.0. The van der Waals surface area contributed by atoms with Crippen LogP contribution in [0.25, 0.3) is 0 Å². The minimum absolute atomic E-state index is 0.255. The second-order valence-corrected chi connectivity index (χ2v) is 9.41. The van der Waals surface area contributed by atoms with Gasteiger partial charge in [0.25, 0.3) is 0 Å². The van der Waals surface area contributed by atoms with E-state index in [0.717, 1.165) is 17.9 Å². The van der Waals surface area contributed by atoms with Crippen LogP contribution in [-0.2, 0) is 4.74 Å². The Morgan fingerprint density at radius 3 is 1.89 bits per heavy atom. The van der Waals surface area contributed by atoms with Crippen LogP contribution in [0.5, 0.6) is 11.5 Å². The molecule has 0 heterocycles. The lowest BCUT2D eigenvalue weighted by atomic mass is 9.90. The van der Waals surface area contributed by atoms with Crippen molar-refractivity contribution in [3.05, 3.63) is 59.7 Å². The Morgan fingerprint density at radius 1 is 0.714 bits per heavy atom. The molecule has 0 saturated carbocycles. The molecule has 3 nitrogen and oxygen atoms in total. The van der Waals surface area contributed by atoms with Gasteiger partial charge in [-0.2, -0.15) is 0 Å². The molecular formula is C32H52O3. The van der Waals surface area contributed by atoms with Crippen LogP contribution in [0.3, 0.4) is 0 Å². The van der Waals surface area contributed by atoms with Gasteiger partial charge in [0.2, 0.25) is 0 Å². The van der Waals surface area contributed by atoms with Crippen molar-refractivity contribution in [3.63, 3.8) is 0 Å². The fourth-order valence-corrected chi connectivity index (χ4v) is 4.27. The average Bonchev–Trinajstić information content (AvgIpc) is 2.88. The monoisotopic (exact) mass is 484 g/mol. The van der Waals surface area contributed by atoms with Crippen molar-refractivity contribution in [3.8, 4) is 11.5 Å². The molecule has 0 amide bonds. The summed E-state index contributed by atoms with van der Waals surface area (Å²) in [4.78, 5) is 0. The number of rotatable bonds is 17. The third-order valence-corrected chi connectivity index (χ3v) is 6.22. The maximum Gasteiger partial charge on any atom is 0.200 e. The predicted octanol–water partition coefficient (Wildman–Crippen LogP) is 9.72. The quantitative estimate of drug-likeness (QED) is 0.165. The van der Waals surface area contributed by atoms with Crippen LogP contribution in [0.2, 0.25) is 0 Å². The SMILES string of the molecule is CC.CCCCC(C)CC(OCCOc1ccc(C(CCC)CCC)cc1)Oc1ccc(C)cc1. The fourth-order valence-electron chi connectivity index (χ4n) is 4.27. The number of hydrogen-bond acceptors (Lipinski definition) is 3. The van der Waals surface area contributed by atoms with Gasteiger partial charge in [-0.05, 0) is 61.4 Å². The van der Waals surface area contributed by atoms with Gasteiger partial charge in [0.15, 0.2) is 6.29 Å². The van der Waals surface area contributed by atoms with E-state index < -0.39 is 0 Å². The van der Waals surface area contributed by atoms with Crippen LogP contribution in [-0.4, -0.2) is 19.5 Å². The first-order valence-corrected chi connectivity index (χ1v) is 14.1. The second kappa shape index (κ2) is 19.2. The Hall–Kier alpha value is -2.00. The lowest BCUT2D eigenvalue weighted by molar-refractivity contribution is -0.0981. The molecule has 0 radical (unpaired) electrons. The largest absolute Gasteiger partial charge is 0.491 e. The third-order valence-electron chi connectivity index (χ3n) is 6.22. The van der Waals surface area contributed by atoms with Crippen molar-refractivity contribution in [1.82, 2.24) is 0 Å². The van der Waals surface area contributed by atoms with E-state index in [1.165, 1.54) is 56.1 Å². The van der Waals surface area contributed by atoms with E-state index in [4.69, 9.17) is 14.2 Å². The van der Waals surface area contributed by atoms with Crippen LogP contribution >= 0.6 is 0 Å². The molecule has 198 valence electrons. The Bertz CT molecular complexity index is 732. The maximum absolute atomic E-state index is 6.18. The highest BCUT2D eigenvalue weighted by atomic mass is 16.7. The summed E-state index contributed by atoms with van der Waals surface area (Å²) < 4.78 is 18.3. The van der Waals surface area contributed by atoms with E-state index in [1.807, 2.05) is 26.0 Å². The molecule has 0 bridgehead atoms. The molecule has 0 fully saturated rings. The van der Waals surface area contributed by atoms with Crippen molar-refractivity contribution in [2.75, 3.05) is 13.2 Å². The molecule has 2 atom stereocenters. The van der Waals surface area contributed by atoms with E-state index in [9.17, 15) is 0 Å². The summed E-state index contributed by atoms with van der Waals surface area (Å²) in [6, 6.07) is 16.8. The zero-order valence-corrected chi connectivity index (χ0v) is 23.6. The molecule has 2 aromatic carbocycles. The number of benzene rings is 2. The van der Waals surface area contributed by atoms with Gasteiger partial charge in [0.05, 0.1) is 6.61 Å². The zero-order chi connectivity index (χ0) is 25.9. The van der Waals surface area contributed by atoms with Gasteiger partial charge >= 0.3 is 0 Å². The van der Waals surface area contributed by atoms with Gasteiger partial charge in [0.1, 0.15) is 18.1 Å². The molecule has 2 aromatic rings. The Kier molecular flexibility index (Phi) is 17.0. The first-order chi connectivity index (χ1) is 17.0. The van der Waals surface area contributed by atoms with Gasteiger partial charge in [-0.1, -0.05) is 103 Å². The van der Waals surface area contributed by atoms with Gasteiger partial charge < -0.3 is 14.2 Å². The smallest absolute Gasteiger partial charge is 0.200 e. The molecule has 0 aliphatic rings. The highest BCUT2D eigenvalue weighted by Crippen LogP contribution is 2.28.